The van der Waals surface area contributed by atoms with Gasteiger partial charge in [0.2, 0.25) is 10.0 Å². The highest BCUT2D eigenvalue weighted by atomic mass is 32.2. The summed E-state index contributed by atoms with van der Waals surface area (Å²) in [5.74, 6) is -0.363. The van der Waals surface area contributed by atoms with Crippen molar-refractivity contribution in [2.45, 2.75) is 31.2 Å². The van der Waals surface area contributed by atoms with E-state index < -0.39 is 15.6 Å². The fraction of sp³-hybridized carbons (Fsp3) is 0.143. The Labute approximate surface area is 216 Å². The summed E-state index contributed by atoms with van der Waals surface area (Å²) in [6, 6.07) is 20.5. The van der Waals surface area contributed by atoms with Gasteiger partial charge in [-0.1, -0.05) is 18.2 Å². The maximum atomic E-state index is 13.0. The van der Waals surface area contributed by atoms with Crippen molar-refractivity contribution in [2.24, 2.45) is 0 Å². The first-order valence-electron chi connectivity index (χ1n) is 11.4. The maximum absolute atomic E-state index is 13.0. The van der Waals surface area contributed by atoms with Gasteiger partial charge < -0.3 is 5.32 Å². The summed E-state index contributed by atoms with van der Waals surface area (Å²) in [5, 5.41) is 12.4. The summed E-state index contributed by atoms with van der Waals surface area (Å²) in [5.41, 5.74) is 2.83. The summed E-state index contributed by atoms with van der Waals surface area (Å²) in [4.78, 5) is 21.5. The van der Waals surface area contributed by atoms with E-state index in [0.717, 1.165) is 0 Å². The third kappa shape index (κ3) is 6.06. The van der Waals surface area contributed by atoms with Crippen molar-refractivity contribution in [1.29, 1.82) is 5.26 Å². The van der Waals surface area contributed by atoms with Crippen LogP contribution in [0, 0.1) is 11.3 Å². The van der Waals surface area contributed by atoms with Crippen LogP contribution in [0.15, 0.2) is 90.2 Å². The predicted molar refractivity (Wildman–Crippen MR) is 142 cm³/mol. The summed E-state index contributed by atoms with van der Waals surface area (Å²) in [7, 11) is -3.77. The molecule has 0 bridgehead atoms. The molecule has 4 aromatic rings. The number of nitrogens with zero attached hydrogens (tertiary/aromatic N) is 3. The predicted octanol–water partition coefficient (Wildman–Crippen LogP) is 5.01. The van der Waals surface area contributed by atoms with E-state index >= 15 is 0 Å². The molecule has 9 heteroatoms. The molecule has 0 spiro atoms. The first-order chi connectivity index (χ1) is 17.6. The Bertz CT molecular complexity index is 1610. The van der Waals surface area contributed by atoms with Crippen molar-refractivity contribution in [3.05, 3.63) is 96.4 Å². The van der Waals surface area contributed by atoms with Crippen LogP contribution in [-0.4, -0.2) is 29.8 Å². The summed E-state index contributed by atoms with van der Waals surface area (Å²) in [6.07, 6.45) is 4.64. The van der Waals surface area contributed by atoms with E-state index in [-0.39, 0.29) is 10.8 Å². The second-order valence-electron chi connectivity index (χ2n) is 9.35. The summed E-state index contributed by atoms with van der Waals surface area (Å²) in [6.45, 7) is 5.32. The lowest BCUT2D eigenvalue weighted by Crippen LogP contribution is -2.40. The molecule has 0 unspecified atom stereocenters. The normalized spacial score (nSPS) is 11.5. The van der Waals surface area contributed by atoms with Gasteiger partial charge in [0.15, 0.2) is 0 Å². The van der Waals surface area contributed by atoms with Crippen LogP contribution in [0.5, 0.6) is 0 Å². The maximum Gasteiger partial charge on any atom is 0.257 e. The second-order valence-corrected chi connectivity index (χ2v) is 11.0. The van der Waals surface area contributed by atoms with Gasteiger partial charge in [-0.05, 0) is 74.9 Å². The number of benzene rings is 2. The number of hydrogen-bond acceptors (Lipinski definition) is 6. The molecule has 2 aromatic heterocycles. The molecule has 0 aliphatic carbocycles. The second kappa shape index (κ2) is 10.3. The quantitative estimate of drug-likeness (QED) is 0.375. The Morgan fingerprint density at radius 1 is 0.946 bits per heavy atom. The van der Waals surface area contributed by atoms with Crippen molar-refractivity contribution in [2.75, 3.05) is 5.32 Å². The van der Waals surface area contributed by atoms with Gasteiger partial charge in [0, 0.05) is 35.3 Å². The van der Waals surface area contributed by atoms with E-state index in [9.17, 15) is 18.5 Å². The molecular formula is C28H25N5O3S. The van der Waals surface area contributed by atoms with E-state index in [1.54, 1.807) is 87.8 Å². The van der Waals surface area contributed by atoms with Crippen molar-refractivity contribution >= 4 is 21.6 Å². The molecule has 0 aliphatic heterocycles. The molecule has 186 valence electrons. The number of carbonyl (C=O) groups is 1. The van der Waals surface area contributed by atoms with Gasteiger partial charge >= 0.3 is 0 Å². The SMILES string of the molecule is CC(C)(C)NS(=O)(=O)c1cccc(-c2cccnc2-c2cc(C#N)ccc2NC(=O)c2cccnc2)c1. The number of aromatic nitrogens is 2. The Morgan fingerprint density at radius 2 is 1.73 bits per heavy atom. The lowest BCUT2D eigenvalue weighted by atomic mass is 9.97. The average Bonchev–Trinajstić information content (AvgIpc) is 2.88. The fourth-order valence-electron chi connectivity index (χ4n) is 3.76. The highest BCUT2D eigenvalue weighted by Gasteiger charge is 2.23. The van der Waals surface area contributed by atoms with Crippen LogP contribution >= 0.6 is 0 Å². The molecule has 0 saturated heterocycles. The van der Waals surface area contributed by atoms with Crippen LogP contribution in [0.3, 0.4) is 0 Å². The van der Waals surface area contributed by atoms with E-state index in [4.69, 9.17) is 0 Å². The summed E-state index contributed by atoms with van der Waals surface area (Å²) < 4.78 is 28.6. The third-order valence-electron chi connectivity index (χ3n) is 5.28. The average molecular weight is 512 g/mol. The van der Waals surface area contributed by atoms with Gasteiger partial charge in [-0.3, -0.25) is 14.8 Å². The number of carbonyl (C=O) groups excluding carboxylic acids is 1. The van der Waals surface area contributed by atoms with Crippen LogP contribution < -0.4 is 10.0 Å². The lowest BCUT2D eigenvalue weighted by Gasteiger charge is -2.20. The number of amides is 1. The van der Waals surface area contributed by atoms with Gasteiger partial charge in [-0.15, -0.1) is 0 Å². The molecule has 0 fully saturated rings. The number of pyridine rings is 2. The zero-order valence-electron chi connectivity index (χ0n) is 20.6. The smallest absolute Gasteiger partial charge is 0.257 e. The molecule has 2 N–H and O–H groups in total. The van der Waals surface area contributed by atoms with Gasteiger partial charge in [-0.2, -0.15) is 5.26 Å². The molecule has 0 aliphatic rings. The van der Waals surface area contributed by atoms with Crippen molar-refractivity contribution in [3.8, 4) is 28.5 Å². The van der Waals surface area contributed by atoms with Crippen LogP contribution in [0.1, 0.15) is 36.7 Å². The van der Waals surface area contributed by atoms with E-state index in [1.807, 2.05) is 6.07 Å². The number of rotatable bonds is 6. The topological polar surface area (TPSA) is 125 Å². The molecule has 37 heavy (non-hydrogen) atoms. The van der Waals surface area contributed by atoms with Gasteiger partial charge in [0.25, 0.3) is 5.91 Å². The first kappa shape index (κ1) is 25.7. The van der Waals surface area contributed by atoms with Gasteiger partial charge in [0.1, 0.15) is 0 Å². The first-order valence-corrected chi connectivity index (χ1v) is 12.9. The lowest BCUT2D eigenvalue weighted by molar-refractivity contribution is 0.102. The molecule has 0 saturated carbocycles. The Hall–Kier alpha value is -4.39. The van der Waals surface area contributed by atoms with Crippen molar-refractivity contribution in [1.82, 2.24) is 14.7 Å². The zero-order chi connectivity index (χ0) is 26.6. The van der Waals surface area contributed by atoms with Crippen LogP contribution in [0.2, 0.25) is 0 Å². The number of nitriles is 1. The molecule has 2 heterocycles. The van der Waals surface area contributed by atoms with E-state index in [2.05, 4.69) is 26.1 Å². The molecule has 2 aromatic carbocycles. The molecule has 4 rings (SSSR count). The third-order valence-corrected chi connectivity index (χ3v) is 7.03. The summed E-state index contributed by atoms with van der Waals surface area (Å²) >= 11 is 0. The molecular weight excluding hydrogens is 486 g/mol. The number of sulfonamides is 1. The molecule has 1 amide bonds. The van der Waals surface area contributed by atoms with Crippen LogP contribution in [0.25, 0.3) is 22.4 Å². The van der Waals surface area contributed by atoms with Crippen LogP contribution in [0.4, 0.5) is 5.69 Å². The highest BCUT2D eigenvalue weighted by Crippen LogP contribution is 2.36. The molecule has 0 atom stereocenters. The largest absolute Gasteiger partial charge is 0.321 e. The molecule has 0 radical (unpaired) electrons. The van der Waals surface area contributed by atoms with Crippen molar-refractivity contribution in [3.63, 3.8) is 0 Å². The van der Waals surface area contributed by atoms with Crippen LogP contribution in [-0.2, 0) is 10.0 Å². The van der Waals surface area contributed by atoms with E-state index in [1.165, 1.54) is 12.3 Å². The monoisotopic (exact) mass is 511 g/mol. The highest BCUT2D eigenvalue weighted by molar-refractivity contribution is 7.89. The number of anilines is 1. The minimum Gasteiger partial charge on any atom is -0.321 e. The number of nitrogens with one attached hydrogen (secondary N) is 2. The minimum absolute atomic E-state index is 0.116. The van der Waals surface area contributed by atoms with Crippen molar-refractivity contribution < 1.29 is 13.2 Å². The van der Waals surface area contributed by atoms with Gasteiger partial charge in [-0.25, -0.2) is 13.1 Å². The Balaban J connectivity index is 1.81. The number of hydrogen-bond donors (Lipinski definition) is 2. The zero-order valence-corrected chi connectivity index (χ0v) is 21.4. The Morgan fingerprint density at radius 3 is 2.43 bits per heavy atom. The molecule has 8 nitrogen and oxygen atoms in total. The van der Waals surface area contributed by atoms with Gasteiger partial charge in [0.05, 0.1) is 33.5 Å². The standard InChI is InChI=1S/C28H25N5O3S/c1-28(2,3)33-37(35,36)22-9-4-7-20(16-22)23-10-6-14-31-26(23)24-15-19(17-29)11-12-25(24)32-27(34)21-8-5-13-30-18-21/h4-16,18,33H,1-3H3,(H,32,34). The fourth-order valence-corrected chi connectivity index (χ4v) is 5.22. The minimum atomic E-state index is -3.77. The van der Waals surface area contributed by atoms with E-state index in [0.29, 0.717) is 39.2 Å². The Kier molecular flexibility index (Phi) is 7.16.